The molecule has 0 N–H and O–H groups in total. The first-order chi connectivity index (χ1) is 6.81. The number of hydrogen-bond donors (Lipinski definition) is 0. The highest BCUT2D eigenvalue weighted by molar-refractivity contribution is 5.88. The van der Waals surface area contributed by atoms with E-state index in [9.17, 15) is 4.79 Å². The molecule has 0 radical (unpaired) electrons. The van der Waals surface area contributed by atoms with Crippen molar-refractivity contribution < 1.29 is 14.3 Å². The van der Waals surface area contributed by atoms with Crippen molar-refractivity contribution in [1.82, 2.24) is 0 Å². The summed E-state index contributed by atoms with van der Waals surface area (Å²) < 4.78 is 10.1. The molecule has 14 heavy (non-hydrogen) atoms. The Hall–Kier alpha value is -1.35. The number of carbonyl (C=O) groups excluding carboxylic acids is 1. The van der Waals surface area contributed by atoms with Crippen LogP contribution >= 0.6 is 0 Å². The quantitative estimate of drug-likeness (QED) is 0.710. The minimum Gasteiger partial charge on any atom is -0.497 e. The second-order valence-corrected chi connectivity index (χ2v) is 3.31. The van der Waals surface area contributed by atoms with Crippen molar-refractivity contribution >= 4 is 5.78 Å². The molecule has 74 valence electrons. The zero-order valence-electron chi connectivity index (χ0n) is 8.03. The van der Waals surface area contributed by atoms with Gasteiger partial charge in [0.25, 0.3) is 0 Å². The SMILES string of the molecule is COc1ccc([C@H]2COCC2=O)cc1. The van der Waals surface area contributed by atoms with Crippen molar-refractivity contribution in [3.8, 4) is 5.75 Å². The fourth-order valence-electron chi connectivity index (χ4n) is 1.59. The van der Waals surface area contributed by atoms with E-state index in [4.69, 9.17) is 9.47 Å². The molecule has 1 aliphatic heterocycles. The van der Waals surface area contributed by atoms with Gasteiger partial charge >= 0.3 is 0 Å². The molecule has 3 heteroatoms. The van der Waals surface area contributed by atoms with Crippen LogP contribution in [0.4, 0.5) is 0 Å². The Balaban J connectivity index is 2.20. The van der Waals surface area contributed by atoms with E-state index in [2.05, 4.69) is 0 Å². The molecule has 1 atom stereocenters. The van der Waals surface area contributed by atoms with Crippen LogP contribution in [-0.4, -0.2) is 26.1 Å². The van der Waals surface area contributed by atoms with Crippen LogP contribution in [0.25, 0.3) is 0 Å². The molecule has 2 rings (SSSR count). The van der Waals surface area contributed by atoms with Gasteiger partial charge in [0.05, 0.1) is 19.6 Å². The van der Waals surface area contributed by atoms with Crippen LogP contribution in [0.1, 0.15) is 11.5 Å². The van der Waals surface area contributed by atoms with Gasteiger partial charge in [0.1, 0.15) is 12.4 Å². The standard InChI is InChI=1S/C11H12O3/c1-13-9-4-2-8(3-5-9)10-6-14-7-11(10)12/h2-5,10H,6-7H2,1H3/t10-/m1/s1. The predicted molar refractivity (Wildman–Crippen MR) is 51.6 cm³/mol. The summed E-state index contributed by atoms with van der Waals surface area (Å²) in [6, 6.07) is 7.55. The molecule has 0 saturated carbocycles. The average Bonchev–Trinajstić information content (AvgIpc) is 2.65. The normalized spacial score (nSPS) is 21.2. The molecular formula is C11H12O3. The maximum Gasteiger partial charge on any atom is 0.168 e. The fraction of sp³-hybridized carbons (Fsp3) is 0.364. The predicted octanol–water partition coefficient (Wildman–Crippen LogP) is 1.38. The number of ether oxygens (including phenoxy) is 2. The molecule has 3 nitrogen and oxygen atoms in total. The molecule has 0 amide bonds. The van der Waals surface area contributed by atoms with Crippen LogP contribution in [0.3, 0.4) is 0 Å². The molecule has 0 aliphatic carbocycles. The van der Waals surface area contributed by atoms with E-state index in [1.165, 1.54) is 0 Å². The summed E-state index contributed by atoms with van der Waals surface area (Å²) >= 11 is 0. The lowest BCUT2D eigenvalue weighted by molar-refractivity contribution is -0.118. The van der Waals surface area contributed by atoms with Gasteiger partial charge in [-0.15, -0.1) is 0 Å². The topological polar surface area (TPSA) is 35.5 Å². The Morgan fingerprint density at radius 2 is 2.07 bits per heavy atom. The van der Waals surface area contributed by atoms with Crippen LogP contribution in [0.15, 0.2) is 24.3 Å². The van der Waals surface area contributed by atoms with E-state index >= 15 is 0 Å². The molecule has 1 heterocycles. The van der Waals surface area contributed by atoms with Gasteiger partial charge in [0.15, 0.2) is 5.78 Å². The first-order valence-corrected chi connectivity index (χ1v) is 4.55. The van der Waals surface area contributed by atoms with E-state index < -0.39 is 0 Å². The molecule has 1 aliphatic rings. The smallest absolute Gasteiger partial charge is 0.168 e. The number of carbonyl (C=O) groups is 1. The monoisotopic (exact) mass is 192 g/mol. The third-order valence-electron chi connectivity index (χ3n) is 2.44. The minimum atomic E-state index is -0.0825. The molecule has 1 fully saturated rings. The Bertz CT molecular complexity index is 329. The lowest BCUT2D eigenvalue weighted by atomic mass is 9.98. The van der Waals surface area contributed by atoms with E-state index in [0.717, 1.165) is 11.3 Å². The summed E-state index contributed by atoms with van der Waals surface area (Å²) in [5, 5.41) is 0. The maximum absolute atomic E-state index is 11.4. The van der Waals surface area contributed by atoms with E-state index in [1.54, 1.807) is 7.11 Å². The Labute approximate surface area is 82.6 Å². The minimum absolute atomic E-state index is 0.0825. The fourth-order valence-corrected chi connectivity index (χ4v) is 1.59. The Morgan fingerprint density at radius 3 is 2.57 bits per heavy atom. The summed E-state index contributed by atoms with van der Waals surface area (Å²) in [6.07, 6.45) is 0. The lowest BCUT2D eigenvalue weighted by Crippen LogP contribution is -2.08. The number of hydrogen-bond acceptors (Lipinski definition) is 3. The third-order valence-corrected chi connectivity index (χ3v) is 2.44. The van der Waals surface area contributed by atoms with Gasteiger partial charge in [0.2, 0.25) is 0 Å². The highest BCUT2D eigenvalue weighted by Gasteiger charge is 2.26. The molecule has 1 aromatic carbocycles. The molecule has 1 saturated heterocycles. The van der Waals surface area contributed by atoms with Gasteiger partial charge in [-0.05, 0) is 17.7 Å². The van der Waals surface area contributed by atoms with E-state index in [-0.39, 0.29) is 18.3 Å². The van der Waals surface area contributed by atoms with Gasteiger partial charge in [-0.3, -0.25) is 4.79 Å². The van der Waals surface area contributed by atoms with Crippen LogP contribution in [0, 0.1) is 0 Å². The first kappa shape index (κ1) is 9.21. The van der Waals surface area contributed by atoms with Crippen molar-refractivity contribution in [2.75, 3.05) is 20.3 Å². The van der Waals surface area contributed by atoms with Gasteiger partial charge in [-0.1, -0.05) is 12.1 Å². The Morgan fingerprint density at radius 1 is 1.36 bits per heavy atom. The summed E-state index contributed by atoms with van der Waals surface area (Å²) in [4.78, 5) is 11.4. The van der Waals surface area contributed by atoms with Crippen molar-refractivity contribution in [3.05, 3.63) is 29.8 Å². The number of ketones is 1. The summed E-state index contributed by atoms with van der Waals surface area (Å²) in [6.45, 7) is 0.752. The second kappa shape index (κ2) is 3.80. The highest BCUT2D eigenvalue weighted by Crippen LogP contribution is 2.24. The van der Waals surface area contributed by atoms with E-state index in [0.29, 0.717) is 6.61 Å². The van der Waals surface area contributed by atoms with Crippen molar-refractivity contribution in [1.29, 1.82) is 0 Å². The summed E-state index contributed by atoms with van der Waals surface area (Å²) in [5.41, 5.74) is 1.01. The number of rotatable bonds is 2. The number of benzene rings is 1. The van der Waals surface area contributed by atoms with Gasteiger partial charge in [-0.2, -0.15) is 0 Å². The highest BCUT2D eigenvalue weighted by atomic mass is 16.5. The van der Waals surface area contributed by atoms with Crippen LogP contribution in [0.2, 0.25) is 0 Å². The average molecular weight is 192 g/mol. The van der Waals surface area contributed by atoms with Gasteiger partial charge in [-0.25, -0.2) is 0 Å². The zero-order chi connectivity index (χ0) is 9.97. The molecular weight excluding hydrogens is 180 g/mol. The summed E-state index contributed by atoms with van der Waals surface area (Å²) in [5.74, 6) is 0.885. The molecule has 0 bridgehead atoms. The largest absolute Gasteiger partial charge is 0.497 e. The molecule has 1 aromatic rings. The molecule has 0 unspecified atom stereocenters. The zero-order valence-corrected chi connectivity index (χ0v) is 8.03. The van der Waals surface area contributed by atoms with Crippen molar-refractivity contribution in [3.63, 3.8) is 0 Å². The number of methoxy groups -OCH3 is 1. The van der Waals surface area contributed by atoms with Gasteiger partial charge in [0, 0.05) is 0 Å². The maximum atomic E-state index is 11.4. The van der Waals surface area contributed by atoms with Gasteiger partial charge < -0.3 is 9.47 Å². The second-order valence-electron chi connectivity index (χ2n) is 3.31. The van der Waals surface area contributed by atoms with Crippen LogP contribution in [0.5, 0.6) is 5.75 Å². The van der Waals surface area contributed by atoms with Crippen molar-refractivity contribution in [2.24, 2.45) is 0 Å². The van der Waals surface area contributed by atoms with E-state index in [1.807, 2.05) is 24.3 Å². The van der Waals surface area contributed by atoms with Crippen LogP contribution < -0.4 is 4.74 Å². The summed E-state index contributed by atoms with van der Waals surface area (Å²) in [7, 11) is 1.62. The number of Topliss-reactive ketones (excluding diaryl/α,β-unsaturated/α-hetero) is 1. The third kappa shape index (κ3) is 1.63. The Kier molecular flexibility index (Phi) is 2.50. The lowest BCUT2D eigenvalue weighted by Gasteiger charge is -2.07. The van der Waals surface area contributed by atoms with Crippen molar-refractivity contribution in [2.45, 2.75) is 5.92 Å². The molecule has 0 aromatic heterocycles. The first-order valence-electron chi connectivity index (χ1n) is 4.55. The van der Waals surface area contributed by atoms with Crippen LogP contribution in [-0.2, 0) is 9.53 Å². The molecule has 0 spiro atoms.